The standard InChI is InChI=1S/C28H39F2NO2/c1-2-32-16-4-3-5-21-12-14-25(15-13-21)33-20-23-9-6-22(7-10-23)8-11-24-17-27(29)26(19-31)28(30)18-24/h2,17-18,21-23,25H,1,3-16,20H2. The molecule has 2 saturated carbocycles. The van der Waals surface area contributed by atoms with E-state index < -0.39 is 17.2 Å². The van der Waals surface area contributed by atoms with Crippen LogP contribution in [0.5, 0.6) is 0 Å². The fraction of sp³-hybridized carbons (Fsp3) is 0.679. The van der Waals surface area contributed by atoms with Gasteiger partial charge in [-0.3, -0.25) is 0 Å². The third kappa shape index (κ3) is 8.41. The van der Waals surface area contributed by atoms with Crippen LogP contribution in [0.2, 0.25) is 0 Å². The second-order valence-electron chi connectivity index (χ2n) is 9.98. The number of rotatable bonds is 12. The third-order valence-corrected chi connectivity index (χ3v) is 7.63. The lowest BCUT2D eigenvalue weighted by Crippen LogP contribution is -2.26. The van der Waals surface area contributed by atoms with Gasteiger partial charge in [0.1, 0.15) is 23.3 Å². The fourth-order valence-corrected chi connectivity index (χ4v) is 5.50. The zero-order valence-corrected chi connectivity index (χ0v) is 19.9. The molecule has 3 rings (SSSR count). The minimum Gasteiger partial charge on any atom is -0.502 e. The maximum absolute atomic E-state index is 13.8. The molecule has 0 amide bonds. The van der Waals surface area contributed by atoms with Crippen LogP contribution in [0, 0.1) is 40.7 Å². The van der Waals surface area contributed by atoms with E-state index in [2.05, 4.69) is 6.58 Å². The molecule has 0 saturated heterocycles. The van der Waals surface area contributed by atoms with E-state index in [4.69, 9.17) is 14.7 Å². The van der Waals surface area contributed by atoms with Crippen LogP contribution in [0.1, 0.15) is 88.2 Å². The van der Waals surface area contributed by atoms with Crippen LogP contribution in [0.4, 0.5) is 8.78 Å². The number of halogens is 2. The molecule has 3 nitrogen and oxygen atoms in total. The molecule has 0 radical (unpaired) electrons. The van der Waals surface area contributed by atoms with Crippen LogP contribution in [0.25, 0.3) is 0 Å². The Kier molecular flexibility index (Phi) is 10.7. The Morgan fingerprint density at radius 3 is 2.15 bits per heavy atom. The van der Waals surface area contributed by atoms with Crippen molar-refractivity contribution in [3.05, 3.63) is 47.7 Å². The number of benzene rings is 1. The zero-order chi connectivity index (χ0) is 23.5. The molecular formula is C28H39F2NO2. The fourth-order valence-electron chi connectivity index (χ4n) is 5.50. The summed E-state index contributed by atoms with van der Waals surface area (Å²) in [6, 6.07) is 4.21. The second kappa shape index (κ2) is 13.7. The summed E-state index contributed by atoms with van der Waals surface area (Å²) in [5.41, 5.74) is 0.164. The van der Waals surface area contributed by atoms with Crippen molar-refractivity contribution in [2.45, 2.75) is 89.6 Å². The highest BCUT2D eigenvalue weighted by Crippen LogP contribution is 2.34. The molecule has 0 atom stereocenters. The van der Waals surface area contributed by atoms with Crippen LogP contribution in [0.15, 0.2) is 25.0 Å². The maximum atomic E-state index is 13.8. The van der Waals surface area contributed by atoms with Crippen molar-refractivity contribution >= 4 is 0 Å². The van der Waals surface area contributed by atoms with Gasteiger partial charge in [0.25, 0.3) is 0 Å². The molecule has 2 aliphatic rings. The van der Waals surface area contributed by atoms with Crippen LogP contribution >= 0.6 is 0 Å². The van der Waals surface area contributed by atoms with Crippen molar-refractivity contribution in [2.24, 2.45) is 17.8 Å². The molecule has 0 unspecified atom stereocenters. The Morgan fingerprint density at radius 2 is 1.52 bits per heavy atom. The number of aryl methyl sites for hydroxylation is 1. The van der Waals surface area contributed by atoms with E-state index in [0.29, 0.717) is 29.9 Å². The molecule has 0 bridgehead atoms. The van der Waals surface area contributed by atoms with E-state index in [1.165, 1.54) is 69.8 Å². The summed E-state index contributed by atoms with van der Waals surface area (Å²) in [6.45, 7) is 5.24. The molecule has 1 aromatic rings. The number of hydrogen-bond donors (Lipinski definition) is 0. The lowest BCUT2D eigenvalue weighted by atomic mass is 9.79. The lowest BCUT2D eigenvalue weighted by Gasteiger charge is -2.32. The first-order valence-corrected chi connectivity index (χ1v) is 12.8. The molecule has 0 spiro atoms. The van der Waals surface area contributed by atoms with Gasteiger partial charge in [-0.15, -0.1) is 0 Å². The minimum absolute atomic E-state index is 0.434. The van der Waals surface area contributed by atoms with Crippen LogP contribution < -0.4 is 0 Å². The summed E-state index contributed by atoms with van der Waals surface area (Å²) >= 11 is 0. The summed E-state index contributed by atoms with van der Waals surface area (Å²) < 4.78 is 39.1. The van der Waals surface area contributed by atoms with Crippen molar-refractivity contribution in [3.8, 4) is 6.07 Å². The minimum atomic E-state index is -0.750. The van der Waals surface area contributed by atoms with Crippen molar-refractivity contribution in [2.75, 3.05) is 13.2 Å². The van der Waals surface area contributed by atoms with E-state index in [9.17, 15) is 8.78 Å². The molecule has 0 N–H and O–H groups in total. The molecule has 33 heavy (non-hydrogen) atoms. The van der Waals surface area contributed by atoms with Crippen molar-refractivity contribution in [1.82, 2.24) is 0 Å². The largest absolute Gasteiger partial charge is 0.502 e. The summed E-state index contributed by atoms with van der Waals surface area (Å²) in [7, 11) is 0. The molecule has 182 valence electrons. The van der Waals surface area contributed by atoms with E-state index in [0.717, 1.165) is 44.8 Å². The highest BCUT2D eigenvalue weighted by molar-refractivity contribution is 5.35. The molecule has 2 fully saturated rings. The van der Waals surface area contributed by atoms with Crippen molar-refractivity contribution in [3.63, 3.8) is 0 Å². The molecule has 0 aliphatic heterocycles. The first-order valence-electron chi connectivity index (χ1n) is 12.8. The molecule has 1 aromatic carbocycles. The first kappa shape index (κ1) is 25.7. The first-order chi connectivity index (χ1) is 16.1. The number of hydrogen-bond acceptors (Lipinski definition) is 3. The Hall–Kier alpha value is -1.93. The van der Waals surface area contributed by atoms with Crippen molar-refractivity contribution in [1.29, 1.82) is 5.26 Å². The SMILES string of the molecule is C=COCCCCC1CCC(OCC2CCC(CCc3cc(F)c(C#N)c(F)c3)CC2)CC1. The second-order valence-corrected chi connectivity index (χ2v) is 9.98. The normalized spacial score (nSPS) is 25.4. The van der Waals surface area contributed by atoms with Gasteiger partial charge < -0.3 is 9.47 Å². The Balaban J connectivity index is 1.26. The Morgan fingerprint density at radius 1 is 0.909 bits per heavy atom. The number of ether oxygens (including phenoxy) is 2. The third-order valence-electron chi connectivity index (χ3n) is 7.63. The van der Waals surface area contributed by atoms with Gasteiger partial charge in [0.05, 0.1) is 19.0 Å². The molecule has 0 heterocycles. The van der Waals surface area contributed by atoms with Crippen LogP contribution in [0.3, 0.4) is 0 Å². The van der Waals surface area contributed by atoms with Crippen LogP contribution in [-0.2, 0) is 15.9 Å². The maximum Gasteiger partial charge on any atom is 0.144 e. The summed E-state index contributed by atoms with van der Waals surface area (Å²) in [5.74, 6) is 0.604. The summed E-state index contributed by atoms with van der Waals surface area (Å²) in [5, 5.41) is 8.80. The van der Waals surface area contributed by atoms with Gasteiger partial charge in [0.2, 0.25) is 0 Å². The Bertz CT molecular complexity index is 752. The van der Waals surface area contributed by atoms with E-state index >= 15 is 0 Å². The van der Waals surface area contributed by atoms with Crippen LogP contribution in [-0.4, -0.2) is 19.3 Å². The lowest BCUT2D eigenvalue weighted by molar-refractivity contribution is -0.0104. The van der Waals surface area contributed by atoms with Gasteiger partial charge in [-0.2, -0.15) is 5.26 Å². The molecular weight excluding hydrogens is 420 g/mol. The highest BCUT2D eigenvalue weighted by Gasteiger charge is 2.25. The van der Waals surface area contributed by atoms with Gasteiger partial charge in [0.15, 0.2) is 0 Å². The summed E-state index contributed by atoms with van der Waals surface area (Å²) in [6.07, 6.45) is 16.9. The monoisotopic (exact) mass is 459 g/mol. The zero-order valence-electron chi connectivity index (χ0n) is 19.9. The van der Waals surface area contributed by atoms with Gasteiger partial charge in [0, 0.05) is 6.61 Å². The van der Waals surface area contributed by atoms with Crippen molar-refractivity contribution < 1.29 is 18.3 Å². The number of unbranched alkanes of at least 4 members (excludes halogenated alkanes) is 1. The quantitative estimate of drug-likeness (QED) is 0.240. The predicted molar refractivity (Wildman–Crippen MR) is 127 cm³/mol. The smallest absolute Gasteiger partial charge is 0.144 e. The number of nitriles is 1. The molecule has 0 aromatic heterocycles. The average molecular weight is 460 g/mol. The van der Waals surface area contributed by atoms with E-state index in [1.807, 2.05) is 0 Å². The van der Waals surface area contributed by atoms with Gasteiger partial charge in [-0.25, -0.2) is 8.78 Å². The average Bonchev–Trinajstić information content (AvgIpc) is 2.82. The topological polar surface area (TPSA) is 42.2 Å². The highest BCUT2D eigenvalue weighted by atomic mass is 19.1. The molecule has 5 heteroatoms. The van der Waals surface area contributed by atoms with E-state index in [1.54, 1.807) is 6.07 Å². The van der Waals surface area contributed by atoms with E-state index in [-0.39, 0.29) is 0 Å². The van der Waals surface area contributed by atoms with Gasteiger partial charge >= 0.3 is 0 Å². The predicted octanol–water partition coefficient (Wildman–Crippen LogP) is 7.48. The van der Waals surface area contributed by atoms with Gasteiger partial charge in [-0.1, -0.05) is 25.8 Å². The molecule has 2 aliphatic carbocycles. The number of nitrogens with zero attached hydrogens (tertiary/aromatic N) is 1. The summed E-state index contributed by atoms with van der Waals surface area (Å²) in [4.78, 5) is 0. The van der Waals surface area contributed by atoms with Gasteiger partial charge in [-0.05, 0) is 99.7 Å². The Labute approximate surface area is 198 Å².